The van der Waals surface area contributed by atoms with Crippen LogP contribution < -0.4 is 10.9 Å². The first-order valence-electron chi connectivity index (χ1n) is 6.63. The molecule has 0 aliphatic heterocycles. The average molecular weight is 291 g/mol. The van der Waals surface area contributed by atoms with Crippen LogP contribution in [0.3, 0.4) is 0 Å². The summed E-state index contributed by atoms with van der Waals surface area (Å²) in [5.74, 6) is 0.887. The Balaban J connectivity index is 2.03. The predicted molar refractivity (Wildman–Crippen MR) is 73.6 cm³/mol. The molecule has 2 heterocycles. The van der Waals surface area contributed by atoms with E-state index in [0.717, 1.165) is 6.20 Å². The summed E-state index contributed by atoms with van der Waals surface area (Å²) in [5.41, 5.74) is -0.358. The summed E-state index contributed by atoms with van der Waals surface area (Å²) in [6.07, 6.45) is 3.08. The van der Waals surface area contributed by atoms with Crippen LogP contribution in [0, 0.1) is 5.92 Å². The molecule has 0 unspecified atom stereocenters. The van der Waals surface area contributed by atoms with Crippen LogP contribution in [0.1, 0.15) is 49.0 Å². The lowest BCUT2D eigenvalue weighted by atomic mass is 10.1. The van der Waals surface area contributed by atoms with Crippen molar-refractivity contribution in [2.75, 3.05) is 0 Å². The van der Waals surface area contributed by atoms with Crippen LogP contribution in [-0.4, -0.2) is 26.0 Å². The van der Waals surface area contributed by atoms with E-state index in [9.17, 15) is 9.59 Å². The number of rotatable bonds is 5. The smallest absolute Gasteiger partial charge is 0.270 e. The number of hydrogen-bond acceptors (Lipinski definition) is 6. The molecule has 0 fully saturated rings. The number of hydrogen-bond donors (Lipinski definition) is 2. The fourth-order valence-electron chi connectivity index (χ4n) is 1.72. The SMILES string of the molecule is CC(C)Cc1noc([C@H](C)NC(=O)c2cncc(=O)[nH]2)n1. The highest BCUT2D eigenvalue weighted by atomic mass is 16.5. The zero-order chi connectivity index (χ0) is 15.4. The Morgan fingerprint density at radius 1 is 1.38 bits per heavy atom. The molecule has 0 aliphatic rings. The summed E-state index contributed by atoms with van der Waals surface area (Å²) in [7, 11) is 0. The van der Waals surface area contributed by atoms with Gasteiger partial charge in [-0.15, -0.1) is 0 Å². The number of aromatic nitrogens is 4. The lowest BCUT2D eigenvalue weighted by molar-refractivity contribution is 0.0926. The highest BCUT2D eigenvalue weighted by Gasteiger charge is 2.18. The van der Waals surface area contributed by atoms with Gasteiger partial charge in [0, 0.05) is 6.42 Å². The standard InChI is InChI=1S/C13H17N5O3/c1-7(2)4-10-17-13(21-18-10)8(3)15-12(20)9-5-14-6-11(19)16-9/h5-8H,4H2,1-3H3,(H,15,20)(H,16,19)/t8-/m0/s1. The number of carbonyl (C=O) groups is 1. The zero-order valence-corrected chi connectivity index (χ0v) is 12.1. The predicted octanol–water partition coefficient (Wildman–Crippen LogP) is 0.842. The van der Waals surface area contributed by atoms with Gasteiger partial charge in [0.25, 0.3) is 11.5 Å². The van der Waals surface area contributed by atoms with Crippen LogP contribution in [-0.2, 0) is 6.42 Å². The van der Waals surface area contributed by atoms with E-state index in [1.165, 1.54) is 6.20 Å². The van der Waals surface area contributed by atoms with Gasteiger partial charge in [-0.1, -0.05) is 19.0 Å². The second-order valence-electron chi connectivity index (χ2n) is 5.15. The molecular weight excluding hydrogens is 274 g/mol. The van der Waals surface area contributed by atoms with Crippen LogP contribution in [0.25, 0.3) is 0 Å². The fraction of sp³-hybridized carbons (Fsp3) is 0.462. The molecule has 8 nitrogen and oxygen atoms in total. The molecule has 0 aliphatic carbocycles. The number of aromatic amines is 1. The summed E-state index contributed by atoms with van der Waals surface area (Å²) in [5, 5.41) is 6.53. The van der Waals surface area contributed by atoms with Gasteiger partial charge in [-0.2, -0.15) is 4.98 Å². The molecule has 21 heavy (non-hydrogen) atoms. The zero-order valence-electron chi connectivity index (χ0n) is 12.1. The number of H-pyrrole nitrogens is 1. The molecule has 0 saturated heterocycles. The van der Waals surface area contributed by atoms with Crippen LogP contribution in [0.2, 0.25) is 0 Å². The van der Waals surface area contributed by atoms with Gasteiger partial charge < -0.3 is 14.8 Å². The maximum absolute atomic E-state index is 12.0. The van der Waals surface area contributed by atoms with E-state index < -0.39 is 17.5 Å². The van der Waals surface area contributed by atoms with E-state index in [0.29, 0.717) is 24.1 Å². The van der Waals surface area contributed by atoms with Crippen molar-refractivity contribution >= 4 is 5.91 Å². The lowest BCUT2D eigenvalue weighted by Gasteiger charge is -2.08. The van der Waals surface area contributed by atoms with Crippen LogP contribution in [0.4, 0.5) is 0 Å². The van der Waals surface area contributed by atoms with E-state index in [1.54, 1.807) is 6.92 Å². The molecule has 0 aromatic carbocycles. The second-order valence-corrected chi connectivity index (χ2v) is 5.15. The summed E-state index contributed by atoms with van der Waals surface area (Å²) < 4.78 is 5.12. The number of nitrogens with zero attached hydrogens (tertiary/aromatic N) is 3. The van der Waals surface area contributed by atoms with Gasteiger partial charge in [-0.3, -0.25) is 14.6 Å². The maximum atomic E-state index is 12.0. The van der Waals surface area contributed by atoms with E-state index >= 15 is 0 Å². The minimum absolute atomic E-state index is 0.0799. The highest BCUT2D eigenvalue weighted by molar-refractivity contribution is 5.92. The van der Waals surface area contributed by atoms with Crippen molar-refractivity contribution < 1.29 is 9.32 Å². The van der Waals surface area contributed by atoms with Gasteiger partial charge in [0.2, 0.25) is 5.89 Å². The fourth-order valence-corrected chi connectivity index (χ4v) is 1.72. The third-order valence-electron chi connectivity index (χ3n) is 2.69. The van der Waals surface area contributed by atoms with Crippen LogP contribution in [0.15, 0.2) is 21.7 Å². The van der Waals surface area contributed by atoms with Crippen molar-refractivity contribution in [3.63, 3.8) is 0 Å². The number of nitrogens with one attached hydrogen (secondary N) is 2. The normalized spacial score (nSPS) is 12.4. The summed E-state index contributed by atoms with van der Waals surface area (Å²) in [6.45, 7) is 5.83. The number of carbonyl (C=O) groups excluding carboxylic acids is 1. The molecule has 8 heteroatoms. The first-order valence-corrected chi connectivity index (χ1v) is 6.63. The molecule has 1 atom stereocenters. The van der Waals surface area contributed by atoms with Gasteiger partial charge >= 0.3 is 0 Å². The third-order valence-corrected chi connectivity index (χ3v) is 2.69. The van der Waals surface area contributed by atoms with Crippen LogP contribution in [0.5, 0.6) is 0 Å². The minimum atomic E-state index is -0.463. The van der Waals surface area contributed by atoms with E-state index in [1.807, 2.05) is 0 Å². The molecular formula is C13H17N5O3. The van der Waals surface area contributed by atoms with Crippen molar-refractivity contribution in [2.24, 2.45) is 5.92 Å². The molecule has 0 spiro atoms. The summed E-state index contributed by atoms with van der Waals surface area (Å²) >= 11 is 0. The van der Waals surface area contributed by atoms with Gasteiger partial charge in [0.05, 0.1) is 12.4 Å². The highest BCUT2D eigenvalue weighted by Crippen LogP contribution is 2.12. The molecule has 2 aromatic rings. The Bertz CT molecular complexity index is 676. The largest absolute Gasteiger partial charge is 0.339 e. The van der Waals surface area contributed by atoms with Gasteiger partial charge in [0.15, 0.2) is 5.82 Å². The van der Waals surface area contributed by atoms with Crippen molar-refractivity contribution in [3.05, 3.63) is 40.2 Å². The van der Waals surface area contributed by atoms with E-state index in [-0.39, 0.29) is 5.69 Å². The molecule has 112 valence electrons. The quantitative estimate of drug-likeness (QED) is 0.843. The molecule has 2 aromatic heterocycles. The Labute approximate surface area is 121 Å². The summed E-state index contributed by atoms with van der Waals surface area (Å²) in [6, 6.07) is -0.463. The van der Waals surface area contributed by atoms with Gasteiger partial charge in [-0.25, -0.2) is 0 Å². The topological polar surface area (TPSA) is 114 Å². The minimum Gasteiger partial charge on any atom is -0.339 e. The van der Waals surface area contributed by atoms with E-state index in [2.05, 4.69) is 39.3 Å². The van der Waals surface area contributed by atoms with Crippen molar-refractivity contribution in [1.82, 2.24) is 25.4 Å². The molecule has 2 N–H and O–H groups in total. The number of amides is 1. The lowest BCUT2D eigenvalue weighted by Crippen LogP contribution is -2.29. The van der Waals surface area contributed by atoms with Crippen molar-refractivity contribution in [2.45, 2.75) is 33.2 Å². The monoisotopic (exact) mass is 291 g/mol. The Hall–Kier alpha value is -2.51. The Morgan fingerprint density at radius 3 is 2.81 bits per heavy atom. The summed E-state index contributed by atoms with van der Waals surface area (Å²) in [4.78, 5) is 33.4. The molecule has 0 saturated carbocycles. The Morgan fingerprint density at radius 2 is 2.14 bits per heavy atom. The van der Waals surface area contributed by atoms with E-state index in [4.69, 9.17) is 4.52 Å². The molecule has 0 radical (unpaired) electrons. The Kier molecular flexibility index (Phi) is 4.46. The van der Waals surface area contributed by atoms with Gasteiger partial charge in [0.1, 0.15) is 11.7 Å². The second kappa shape index (κ2) is 6.29. The average Bonchev–Trinajstić information content (AvgIpc) is 2.86. The third kappa shape index (κ3) is 3.98. The molecule has 0 bridgehead atoms. The first kappa shape index (κ1) is 14.9. The van der Waals surface area contributed by atoms with Gasteiger partial charge in [-0.05, 0) is 12.8 Å². The maximum Gasteiger partial charge on any atom is 0.270 e. The van der Waals surface area contributed by atoms with Crippen molar-refractivity contribution in [3.8, 4) is 0 Å². The molecule has 2 rings (SSSR count). The van der Waals surface area contributed by atoms with Crippen molar-refractivity contribution in [1.29, 1.82) is 0 Å². The first-order chi connectivity index (χ1) is 9.95. The molecule has 1 amide bonds. The van der Waals surface area contributed by atoms with Crippen LogP contribution >= 0.6 is 0 Å².